The van der Waals surface area contributed by atoms with Crippen LogP contribution in [0.15, 0.2) is 121 Å². The lowest BCUT2D eigenvalue weighted by atomic mass is 10.1. The summed E-state index contributed by atoms with van der Waals surface area (Å²) in [4.78, 5) is 57.6. The zero-order valence-corrected chi connectivity index (χ0v) is 22.9. The highest BCUT2D eigenvalue weighted by Crippen LogP contribution is 2.43. The van der Waals surface area contributed by atoms with Crippen LogP contribution in [0.4, 0.5) is 11.4 Å². The molecule has 6 heteroatoms. The minimum Gasteiger partial charge on any atom is -0.287 e. The van der Waals surface area contributed by atoms with Crippen molar-refractivity contribution in [1.29, 1.82) is 0 Å². The van der Waals surface area contributed by atoms with Crippen molar-refractivity contribution in [3.05, 3.63) is 143 Å². The van der Waals surface area contributed by atoms with Crippen LogP contribution >= 0.6 is 0 Å². The highest BCUT2D eigenvalue weighted by Gasteiger charge is 2.46. The summed E-state index contributed by atoms with van der Waals surface area (Å²) in [5, 5.41) is 0. The van der Waals surface area contributed by atoms with Gasteiger partial charge < -0.3 is 0 Å². The number of carbonyl (C=O) groups is 4. The standard InChI is InChI=1S/C30H18N2O4.2C2H6/c33-27-21-15-7-9-17-23(21)31(29(35)19-11-3-1-4-12-19)25(27)26-28(34)22-16-8-10-18-24(22)32(26)30(36)20-13-5-2-6-14-20;2*1-2/h1-18H;2*1-2H3/b26-25+;;. The van der Waals surface area contributed by atoms with Gasteiger partial charge in [0.05, 0.1) is 11.4 Å². The highest BCUT2D eigenvalue weighted by atomic mass is 16.2. The summed E-state index contributed by atoms with van der Waals surface area (Å²) < 4.78 is 0. The van der Waals surface area contributed by atoms with Crippen molar-refractivity contribution < 1.29 is 19.2 Å². The summed E-state index contributed by atoms with van der Waals surface area (Å²) in [6.07, 6.45) is 0. The Balaban J connectivity index is 0.000000886. The molecule has 4 aromatic rings. The maximum Gasteiger partial charge on any atom is 0.263 e. The van der Waals surface area contributed by atoms with Gasteiger partial charge in [0, 0.05) is 22.3 Å². The number of ketones is 2. The number of amides is 2. The van der Waals surface area contributed by atoms with Crippen LogP contribution in [-0.4, -0.2) is 23.4 Å². The normalized spacial score (nSPS) is 14.9. The van der Waals surface area contributed by atoms with Crippen molar-refractivity contribution in [3.8, 4) is 0 Å². The fraction of sp³-hybridized carbons (Fsp3) is 0.118. The molecule has 6 nitrogen and oxygen atoms in total. The molecule has 0 atom stereocenters. The largest absolute Gasteiger partial charge is 0.287 e. The SMILES string of the molecule is CC.CC.O=C1/C(=C2/C(=O)c3ccccc3N2C(=O)c2ccccc2)N(C(=O)c2ccccc2)c2ccccc21. The monoisotopic (exact) mass is 530 g/mol. The summed E-state index contributed by atoms with van der Waals surface area (Å²) in [5.41, 5.74) is 1.77. The molecule has 0 bridgehead atoms. The molecule has 0 aromatic heterocycles. The fourth-order valence-corrected chi connectivity index (χ4v) is 4.69. The topological polar surface area (TPSA) is 74.8 Å². The molecule has 200 valence electrons. The number of fused-ring (bicyclic) bond motifs is 2. The summed E-state index contributed by atoms with van der Waals surface area (Å²) in [5.74, 6) is -1.91. The van der Waals surface area contributed by atoms with Crippen molar-refractivity contribution in [1.82, 2.24) is 0 Å². The molecule has 2 amide bonds. The number of para-hydroxylation sites is 2. The number of anilines is 2. The molecule has 0 aliphatic carbocycles. The number of nitrogens with zero attached hydrogens (tertiary/aromatic N) is 2. The van der Waals surface area contributed by atoms with Gasteiger partial charge in [-0.25, -0.2) is 0 Å². The van der Waals surface area contributed by atoms with E-state index in [1.165, 1.54) is 9.80 Å². The summed E-state index contributed by atoms with van der Waals surface area (Å²) in [6, 6.07) is 30.5. The third-order valence-electron chi connectivity index (χ3n) is 6.33. The van der Waals surface area contributed by atoms with Crippen LogP contribution in [0, 0.1) is 0 Å². The molecule has 2 heterocycles. The lowest BCUT2D eigenvalue weighted by molar-refractivity contribution is 0.0953. The van der Waals surface area contributed by atoms with Crippen molar-refractivity contribution in [2.24, 2.45) is 0 Å². The average Bonchev–Trinajstić information content (AvgIpc) is 3.49. The van der Waals surface area contributed by atoms with Gasteiger partial charge in [-0.05, 0) is 48.5 Å². The van der Waals surface area contributed by atoms with Crippen LogP contribution in [0.25, 0.3) is 0 Å². The first-order chi connectivity index (χ1) is 19.6. The second kappa shape index (κ2) is 12.2. The maximum atomic E-state index is 13.8. The molecule has 2 aliphatic rings. The van der Waals surface area contributed by atoms with Gasteiger partial charge in [-0.3, -0.25) is 29.0 Å². The molecule has 6 rings (SSSR count). The number of allylic oxidation sites excluding steroid dienone is 2. The molecule has 0 unspecified atom stereocenters. The Kier molecular flexibility index (Phi) is 8.50. The number of benzene rings is 4. The minimum absolute atomic E-state index is 0.129. The van der Waals surface area contributed by atoms with E-state index in [2.05, 4.69) is 0 Å². The number of carbonyl (C=O) groups excluding carboxylic acids is 4. The molecular weight excluding hydrogens is 500 g/mol. The predicted molar refractivity (Wildman–Crippen MR) is 158 cm³/mol. The lowest BCUT2D eigenvalue weighted by Crippen LogP contribution is -2.36. The van der Waals surface area contributed by atoms with Crippen molar-refractivity contribution in [2.45, 2.75) is 27.7 Å². The molecule has 0 saturated heterocycles. The quantitative estimate of drug-likeness (QED) is 0.254. The summed E-state index contributed by atoms with van der Waals surface area (Å²) >= 11 is 0. The molecule has 2 aliphatic heterocycles. The van der Waals surface area contributed by atoms with E-state index in [1.807, 2.05) is 27.7 Å². The number of Topliss-reactive ketones (excluding diaryl/α,β-unsaturated/α-hetero) is 2. The van der Waals surface area contributed by atoms with Crippen LogP contribution in [-0.2, 0) is 0 Å². The van der Waals surface area contributed by atoms with Gasteiger partial charge in [-0.2, -0.15) is 0 Å². The van der Waals surface area contributed by atoms with E-state index in [0.29, 0.717) is 33.6 Å². The highest BCUT2D eigenvalue weighted by molar-refractivity contribution is 6.35. The average molecular weight is 531 g/mol. The first-order valence-electron chi connectivity index (χ1n) is 13.4. The second-order valence-corrected chi connectivity index (χ2v) is 8.40. The zero-order chi connectivity index (χ0) is 28.8. The van der Waals surface area contributed by atoms with Gasteiger partial charge in [-0.1, -0.05) is 88.4 Å². The van der Waals surface area contributed by atoms with Gasteiger partial charge in [0.1, 0.15) is 11.4 Å². The Hall–Kier alpha value is -5.10. The van der Waals surface area contributed by atoms with Gasteiger partial charge in [0.25, 0.3) is 11.8 Å². The van der Waals surface area contributed by atoms with Crippen LogP contribution in [0.5, 0.6) is 0 Å². The van der Waals surface area contributed by atoms with Crippen molar-refractivity contribution in [3.63, 3.8) is 0 Å². The van der Waals surface area contributed by atoms with Gasteiger partial charge in [0.2, 0.25) is 11.6 Å². The molecule has 40 heavy (non-hydrogen) atoms. The Morgan fingerprint density at radius 3 is 1.10 bits per heavy atom. The van der Waals surface area contributed by atoms with Crippen LogP contribution < -0.4 is 9.80 Å². The number of hydrogen-bond acceptors (Lipinski definition) is 4. The first-order valence-corrected chi connectivity index (χ1v) is 13.4. The third kappa shape index (κ3) is 4.64. The molecule has 0 radical (unpaired) electrons. The van der Waals surface area contributed by atoms with E-state index in [0.717, 1.165) is 0 Å². The van der Waals surface area contributed by atoms with Crippen LogP contribution in [0.2, 0.25) is 0 Å². The van der Waals surface area contributed by atoms with E-state index >= 15 is 0 Å². The zero-order valence-electron chi connectivity index (χ0n) is 22.9. The predicted octanol–water partition coefficient (Wildman–Crippen LogP) is 7.34. The summed E-state index contributed by atoms with van der Waals surface area (Å²) in [6.45, 7) is 8.00. The lowest BCUT2D eigenvalue weighted by Gasteiger charge is -2.24. The first kappa shape index (κ1) is 27.9. The van der Waals surface area contributed by atoms with Crippen molar-refractivity contribution in [2.75, 3.05) is 9.80 Å². The van der Waals surface area contributed by atoms with E-state index in [-0.39, 0.29) is 11.4 Å². The Morgan fingerprint density at radius 2 is 0.750 bits per heavy atom. The van der Waals surface area contributed by atoms with Crippen molar-refractivity contribution >= 4 is 34.8 Å². The summed E-state index contributed by atoms with van der Waals surface area (Å²) in [7, 11) is 0. The number of hydrogen-bond donors (Lipinski definition) is 0. The Labute approximate surface area is 234 Å². The van der Waals surface area contributed by atoms with E-state index in [1.54, 1.807) is 109 Å². The molecular formula is C34H30N2O4. The molecule has 0 spiro atoms. The van der Waals surface area contributed by atoms with Gasteiger partial charge in [0.15, 0.2) is 0 Å². The Morgan fingerprint density at radius 1 is 0.450 bits per heavy atom. The van der Waals surface area contributed by atoms with Gasteiger partial charge >= 0.3 is 0 Å². The smallest absolute Gasteiger partial charge is 0.263 e. The van der Waals surface area contributed by atoms with Crippen LogP contribution in [0.3, 0.4) is 0 Å². The number of rotatable bonds is 2. The van der Waals surface area contributed by atoms with E-state index in [4.69, 9.17) is 0 Å². The second-order valence-electron chi connectivity index (χ2n) is 8.40. The molecule has 0 fully saturated rings. The maximum absolute atomic E-state index is 13.8. The van der Waals surface area contributed by atoms with E-state index < -0.39 is 23.4 Å². The molecule has 0 N–H and O–H groups in total. The minimum atomic E-state index is -0.489. The Bertz CT molecular complexity index is 1490. The van der Waals surface area contributed by atoms with E-state index in [9.17, 15) is 19.2 Å². The van der Waals surface area contributed by atoms with Crippen LogP contribution in [0.1, 0.15) is 69.1 Å². The molecule has 4 aromatic carbocycles. The molecule has 0 saturated carbocycles. The fourth-order valence-electron chi connectivity index (χ4n) is 4.69. The third-order valence-corrected chi connectivity index (χ3v) is 6.33. The van der Waals surface area contributed by atoms with Gasteiger partial charge in [-0.15, -0.1) is 0 Å².